The Morgan fingerprint density at radius 2 is 1.65 bits per heavy atom. The van der Waals surface area contributed by atoms with E-state index in [1.165, 1.54) is 24.3 Å². The van der Waals surface area contributed by atoms with Gasteiger partial charge in [0.25, 0.3) is 0 Å². The molecule has 1 saturated heterocycles. The van der Waals surface area contributed by atoms with Crippen LogP contribution >= 0.6 is 0 Å². The van der Waals surface area contributed by atoms with Gasteiger partial charge in [-0.1, -0.05) is 12.1 Å². The van der Waals surface area contributed by atoms with E-state index in [4.69, 9.17) is 10.8 Å². The van der Waals surface area contributed by atoms with Gasteiger partial charge in [-0.3, -0.25) is 19.2 Å². The Labute approximate surface area is 194 Å². The molecule has 13 nitrogen and oxygen atoms in total. The Kier molecular flexibility index (Phi) is 9.33. The van der Waals surface area contributed by atoms with E-state index < -0.39 is 66.9 Å². The van der Waals surface area contributed by atoms with Crippen LogP contribution in [0.5, 0.6) is 5.75 Å². The predicted octanol–water partition coefficient (Wildman–Crippen LogP) is -2.23. The molecule has 3 amide bonds. The van der Waals surface area contributed by atoms with Crippen molar-refractivity contribution in [1.82, 2.24) is 15.5 Å². The molecule has 13 heteroatoms. The average Bonchev–Trinajstić information content (AvgIpc) is 3.27. The number of carbonyl (C=O) groups excluding carboxylic acids is 3. The fraction of sp³-hybridized carbons (Fsp3) is 0.476. The highest BCUT2D eigenvalue weighted by Gasteiger charge is 2.38. The molecule has 34 heavy (non-hydrogen) atoms. The van der Waals surface area contributed by atoms with Crippen LogP contribution in [0.2, 0.25) is 0 Å². The second-order valence-electron chi connectivity index (χ2n) is 7.91. The number of phenols is 1. The number of rotatable bonds is 11. The van der Waals surface area contributed by atoms with Crippen molar-refractivity contribution in [3.8, 4) is 5.75 Å². The summed E-state index contributed by atoms with van der Waals surface area (Å²) in [5.74, 6) is -5.09. The van der Waals surface area contributed by atoms with Crippen LogP contribution in [0.3, 0.4) is 0 Å². The summed E-state index contributed by atoms with van der Waals surface area (Å²) < 4.78 is 0. The summed E-state index contributed by atoms with van der Waals surface area (Å²) in [6, 6.07) is 0.535. The number of carboxylic acids is 2. The van der Waals surface area contributed by atoms with E-state index in [-0.39, 0.29) is 25.1 Å². The highest BCUT2D eigenvalue weighted by Crippen LogP contribution is 2.20. The van der Waals surface area contributed by atoms with Crippen molar-refractivity contribution in [3.05, 3.63) is 29.8 Å². The number of amides is 3. The lowest BCUT2D eigenvalue weighted by Crippen LogP contribution is -2.58. The zero-order valence-corrected chi connectivity index (χ0v) is 18.2. The van der Waals surface area contributed by atoms with Crippen LogP contribution in [0.25, 0.3) is 0 Å². The lowest BCUT2D eigenvalue weighted by molar-refractivity contribution is -0.149. The first kappa shape index (κ1) is 26.5. The lowest BCUT2D eigenvalue weighted by Gasteiger charge is -2.28. The molecule has 0 aliphatic carbocycles. The van der Waals surface area contributed by atoms with Gasteiger partial charge in [0.15, 0.2) is 0 Å². The molecule has 1 heterocycles. The summed E-state index contributed by atoms with van der Waals surface area (Å²) in [5.41, 5.74) is 6.02. The molecule has 0 saturated carbocycles. The van der Waals surface area contributed by atoms with Crippen molar-refractivity contribution in [2.45, 2.75) is 49.9 Å². The van der Waals surface area contributed by atoms with Gasteiger partial charge in [-0.25, -0.2) is 4.79 Å². The molecule has 1 aliphatic rings. The number of carbonyl (C=O) groups is 5. The van der Waals surface area contributed by atoms with Crippen LogP contribution in [0.1, 0.15) is 24.8 Å². The summed E-state index contributed by atoms with van der Waals surface area (Å²) in [7, 11) is 0. The maximum atomic E-state index is 13.2. The Morgan fingerprint density at radius 1 is 1.03 bits per heavy atom. The number of aliphatic hydroxyl groups is 1. The molecule has 0 bridgehead atoms. The smallest absolute Gasteiger partial charge is 0.326 e. The molecule has 8 N–H and O–H groups in total. The van der Waals surface area contributed by atoms with Gasteiger partial charge in [-0.05, 0) is 30.5 Å². The fourth-order valence-corrected chi connectivity index (χ4v) is 3.58. The number of likely N-dealkylation sites (tertiary alicyclic amines) is 1. The molecule has 1 fully saturated rings. The van der Waals surface area contributed by atoms with E-state index in [9.17, 15) is 39.3 Å². The van der Waals surface area contributed by atoms with Gasteiger partial charge in [0, 0.05) is 13.0 Å². The minimum Gasteiger partial charge on any atom is -0.508 e. The molecule has 1 aliphatic heterocycles. The molecular weight excluding hydrogens is 452 g/mol. The zero-order valence-electron chi connectivity index (χ0n) is 18.2. The number of phenolic OH excluding ortho intramolecular Hbond substituents is 1. The molecule has 0 radical (unpaired) electrons. The number of aliphatic carboxylic acids is 2. The van der Waals surface area contributed by atoms with Crippen molar-refractivity contribution < 1.29 is 44.4 Å². The maximum Gasteiger partial charge on any atom is 0.326 e. The Hall–Kier alpha value is -3.71. The lowest BCUT2D eigenvalue weighted by atomic mass is 10.0. The Bertz CT molecular complexity index is 921. The first-order chi connectivity index (χ1) is 16.0. The molecule has 1 aromatic rings. The largest absolute Gasteiger partial charge is 0.508 e. The van der Waals surface area contributed by atoms with E-state index in [0.717, 1.165) is 4.90 Å². The number of nitrogens with one attached hydrogen (secondary N) is 2. The summed E-state index contributed by atoms with van der Waals surface area (Å²) in [5, 5.41) is 41.8. The maximum absolute atomic E-state index is 13.2. The van der Waals surface area contributed by atoms with Crippen LogP contribution in [0, 0.1) is 0 Å². The molecule has 4 atom stereocenters. The van der Waals surface area contributed by atoms with Crippen LogP contribution in [0.4, 0.5) is 0 Å². The van der Waals surface area contributed by atoms with E-state index in [1.807, 2.05) is 0 Å². The van der Waals surface area contributed by atoms with Crippen molar-refractivity contribution in [1.29, 1.82) is 0 Å². The molecule has 0 aromatic heterocycles. The van der Waals surface area contributed by atoms with E-state index in [0.29, 0.717) is 12.0 Å². The number of hydrogen-bond acceptors (Lipinski definition) is 8. The van der Waals surface area contributed by atoms with Gasteiger partial charge in [0.1, 0.15) is 23.9 Å². The third kappa shape index (κ3) is 7.15. The number of nitrogens with zero attached hydrogens (tertiary/aromatic N) is 1. The quantitative estimate of drug-likeness (QED) is 0.181. The van der Waals surface area contributed by atoms with Gasteiger partial charge < -0.3 is 41.7 Å². The van der Waals surface area contributed by atoms with E-state index in [1.54, 1.807) is 0 Å². The number of nitrogens with two attached hydrogens (primary N) is 1. The number of benzene rings is 1. The van der Waals surface area contributed by atoms with Crippen LogP contribution in [0.15, 0.2) is 24.3 Å². The van der Waals surface area contributed by atoms with Crippen LogP contribution in [-0.4, -0.2) is 92.3 Å². The van der Waals surface area contributed by atoms with Gasteiger partial charge in [0.2, 0.25) is 17.7 Å². The van der Waals surface area contributed by atoms with Crippen molar-refractivity contribution in [3.63, 3.8) is 0 Å². The summed E-state index contributed by atoms with van der Waals surface area (Å²) in [6.45, 7) is -0.680. The first-order valence-corrected chi connectivity index (χ1v) is 10.5. The van der Waals surface area contributed by atoms with Crippen molar-refractivity contribution >= 4 is 29.7 Å². The fourth-order valence-electron chi connectivity index (χ4n) is 3.58. The van der Waals surface area contributed by atoms with Crippen LogP contribution in [-0.2, 0) is 30.4 Å². The predicted molar refractivity (Wildman–Crippen MR) is 115 cm³/mol. The molecule has 0 spiro atoms. The minimum atomic E-state index is -1.53. The molecule has 1 aromatic carbocycles. The normalized spacial score (nSPS) is 17.9. The van der Waals surface area contributed by atoms with Crippen LogP contribution < -0.4 is 16.4 Å². The molecule has 2 rings (SSSR count). The number of aliphatic hydroxyl groups excluding tert-OH is 1. The highest BCUT2D eigenvalue weighted by molar-refractivity contribution is 5.95. The molecular formula is C21H28N4O9. The Balaban J connectivity index is 2.20. The Morgan fingerprint density at radius 3 is 2.21 bits per heavy atom. The molecule has 4 unspecified atom stereocenters. The van der Waals surface area contributed by atoms with E-state index >= 15 is 0 Å². The number of carboxylic acid groups (broad SMARTS) is 2. The molecule has 186 valence electrons. The second-order valence-corrected chi connectivity index (χ2v) is 7.91. The summed E-state index contributed by atoms with van der Waals surface area (Å²) in [4.78, 5) is 61.5. The van der Waals surface area contributed by atoms with Gasteiger partial charge in [-0.15, -0.1) is 0 Å². The third-order valence-electron chi connectivity index (χ3n) is 5.36. The zero-order chi connectivity index (χ0) is 25.4. The van der Waals surface area contributed by atoms with E-state index in [2.05, 4.69) is 10.6 Å². The van der Waals surface area contributed by atoms with Crippen molar-refractivity contribution in [2.75, 3.05) is 13.2 Å². The monoisotopic (exact) mass is 480 g/mol. The summed E-state index contributed by atoms with van der Waals surface area (Å²) >= 11 is 0. The standard InChI is InChI=1S/C21H28N4O9/c22-13(9-17(28)29)18(30)24-15(10-26)19(31)23-14(8-11-3-5-12(27)6-4-11)20(32)25-7-1-2-16(25)21(33)34/h3-6,13-16,26-27H,1-2,7-10,22H2,(H,23,31)(H,24,30)(H,28,29)(H,33,34). The van der Waals surface area contributed by atoms with Gasteiger partial charge in [-0.2, -0.15) is 0 Å². The first-order valence-electron chi connectivity index (χ1n) is 10.5. The highest BCUT2D eigenvalue weighted by atomic mass is 16.4. The number of hydrogen-bond donors (Lipinski definition) is 7. The average molecular weight is 480 g/mol. The van der Waals surface area contributed by atoms with Gasteiger partial charge in [0.05, 0.1) is 19.1 Å². The summed E-state index contributed by atoms with van der Waals surface area (Å²) in [6.07, 6.45) is -0.0193. The number of aromatic hydroxyl groups is 1. The minimum absolute atomic E-state index is 0.0121. The topological polar surface area (TPSA) is 220 Å². The SMILES string of the molecule is NC(CC(=O)O)C(=O)NC(CO)C(=O)NC(Cc1ccc(O)cc1)C(=O)N1CCCC1C(=O)O. The van der Waals surface area contributed by atoms with Gasteiger partial charge >= 0.3 is 11.9 Å². The third-order valence-corrected chi connectivity index (χ3v) is 5.36. The van der Waals surface area contributed by atoms with Crippen molar-refractivity contribution in [2.24, 2.45) is 5.73 Å². The second kappa shape index (κ2) is 12.0.